The van der Waals surface area contributed by atoms with Crippen molar-refractivity contribution in [3.05, 3.63) is 48.2 Å². The fourth-order valence-corrected chi connectivity index (χ4v) is 3.33. The molecule has 0 atom stereocenters. The summed E-state index contributed by atoms with van der Waals surface area (Å²) in [6.45, 7) is 0. The van der Waals surface area contributed by atoms with Gasteiger partial charge in [0.1, 0.15) is 11.2 Å². The summed E-state index contributed by atoms with van der Waals surface area (Å²) in [5.41, 5.74) is 7.16. The Balaban J connectivity index is 1.86. The van der Waals surface area contributed by atoms with Crippen LogP contribution < -0.4 is 11.1 Å². The molecule has 2 amide bonds. The van der Waals surface area contributed by atoms with Crippen molar-refractivity contribution in [1.82, 2.24) is 9.88 Å². The van der Waals surface area contributed by atoms with Gasteiger partial charge in [0.25, 0.3) is 5.91 Å². The first-order valence-corrected chi connectivity index (χ1v) is 7.87. The van der Waals surface area contributed by atoms with Crippen LogP contribution in [0.15, 0.2) is 42.5 Å². The van der Waals surface area contributed by atoms with Crippen LogP contribution >= 0.6 is 0 Å². The summed E-state index contributed by atoms with van der Waals surface area (Å²) in [5, 5.41) is 2.88. The highest BCUT2D eigenvalue weighted by molar-refractivity contribution is 5.98. The molecule has 2 aromatic rings. The fourth-order valence-electron chi connectivity index (χ4n) is 3.33. The molecule has 3 N–H and O–H groups in total. The highest BCUT2D eigenvalue weighted by atomic mass is 16.2. The quantitative estimate of drug-likeness (QED) is 0.908. The van der Waals surface area contributed by atoms with Crippen LogP contribution in [0.2, 0.25) is 0 Å². The second kappa shape index (κ2) is 5.91. The Labute approximate surface area is 135 Å². The molecule has 0 spiro atoms. The summed E-state index contributed by atoms with van der Waals surface area (Å²) in [7, 11) is 1.85. The van der Waals surface area contributed by atoms with Crippen LogP contribution in [0.1, 0.15) is 36.2 Å². The van der Waals surface area contributed by atoms with E-state index in [2.05, 4.69) is 5.32 Å². The van der Waals surface area contributed by atoms with Crippen LogP contribution in [0, 0.1) is 0 Å². The molecule has 1 aromatic heterocycles. The molecule has 1 aromatic carbocycles. The van der Waals surface area contributed by atoms with Gasteiger partial charge in [0.2, 0.25) is 5.91 Å². The zero-order valence-corrected chi connectivity index (χ0v) is 13.2. The maximum Gasteiger partial charge on any atom is 0.268 e. The topological polar surface area (TPSA) is 77.1 Å². The molecule has 5 nitrogen and oxygen atoms in total. The van der Waals surface area contributed by atoms with E-state index in [1.54, 1.807) is 6.07 Å². The molecule has 0 aliphatic heterocycles. The molecule has 0 radical (unpaired) electrons. The van der Waals surface area contributed by atoms with Crippen LogP contribution in [0.4, 0.5) is 0 Å². The maximum absolute atomic E-state index is 12.6. The van der Waals surface area contributed by atoms with E-state index in [0.717, 1.165) is 24.1 Å². The number of benzene rings is 1. The number of nitrogens with two attached hydrogens (primary N) is 1. The van der Waals surface area contributed by atoms with E-state index in [9.17, 15) is 9.59 Å². The van der Waals surface area contributed by atoms with Gasteiger partial charge in [-0.25, -0.2) is 0 Å². The molecule has 0 unspecified atom stereocenters. The third-order valence-electron chi connectivity index (χ3n) is 4.71. The molecule has 120 valence electrons. The Morgan fingerprint density at radius 1 is 1.09 bits per heavy atom. The minimum Gasteiger partial charge on any atom is -0.368 e. The summed E-state index contributed by atoms with van der Waals surface area (Å²) >= 11 is 0. The van der Waals surface area contributed by atoms with Crippen molar-refractivity contribution in [3.8, 4) is 11.3 Å². The van der Waals surface area contributed by atoms with E-state index in [0.29, 0.717) is 18.5 Å². The molecule has 5 heteroatoms. The number of carbonyl (C=O) groups excluding carboxylic acids is 2. The fraction of sp³-hybridized carbons (Fsp3) is 0.333. The lowest BCUT2D eigenvalue weighted by Crippen LogP contribution is -2.55. The van der Waals surface area contributed by atoms with Gasteiger partial charge in [-0.3, -0.25) is 9.59 Å². The SMILES string of the molecule is Cn1c(C(=O)NC2(C(N)=O)CCCC2)ccc1-c1ccccc1. The Morgan fingerprint density at radius 2 is 1.74 bits per heavy atom. The first-order chi connectivity index (χ1) is 11.0. The Hall–Kier alpha value is -2.56. The van der Waals surface area contributed by atoms with Gasteiger partial charge in [-0.15, -0.1) is 0 Å². The number of primary amides is 1. The molecule has 1 heterocycles. The number of amides is 2. The van der Waals surface area contributed by atoms with E-state index in [4.69, 9.17) is 5.73 Å². The van der Waals surface area contributed by atoms with Crippen molar-refractivity contribution in [2.75, 3.05) is 0 Å². The lowest BCUT2D eigenvalue weighted by atomic mass is 9.96. The number of nitrogens with one attached hydrogen (secondary N) is 1. The molecule has 1 fully saturated rings. The number of rotatable bonds is 4. The predicted molar refractivity (Wildman–Crippen MR) is 88.7 cm³/mol. The normalized spacial score (nSPS) is 16.2. The van der Waals surface area contributed by atoms with Crippen LogP contribution in [0.5, 0.6) is 0 Å². The number of nitrogens with zero attached hydrogens (tertiary/aromatic N) is 1. The highest BCUT2D eigenvalue weighted by Gasteiger charge is 2.41. The van der Waals surface area contributed by atoms with Crippen LogP contribution in [0.3, 0.4) is 0 Å². The summed E-state index contributed by atoms with van der Waals surface area (Å²) in [4.78, 5) is 24.4. The lowest BCUT2D eigenvalue weighted by Gasteiger charge is -2.26. The standard InChI is InChI=1S/C18H21N3O2/c1-21-14(13-7-3-2-4-8-13)9-10-15(21)16(22)20-18(17(19)23)11-5-6-12-18/h2-4,7-10H,5-6,11-12H2,1H3,(H2,19,23)(H,20,22). The largest absolute Gasteiger partial charge is 0.368 e. The molecule has 0 bridgehead atoms. The average molecular weight is 311 g/mol. The van der Waals surface area contributed by atoms with E-state index in [-0.39, 0.29) is 5.91 Å². The number of hydrogen-bond donors (Lipinski definition) is 2. The first kappa shape index (κ1) is 15.3. The van der Waals surface area contributed by atoms with Gasteiger partial charge in [0, 0.05) is 12.7 Å². The van der Waals surface area contributed by atoms with Gasteiger partial charge < -0.3 is 15.6 Å². The van der Waals surface area contributed by atoms with Crippen LogP contribution in [-0.2, 0) is 11.8 Å². The smallest absolute Gasteiger partial charge is 0.268 e. The van der Waals surface area contributed by atoms with Crippen molar-refractivity contribution in [1.29, 1.82) is 0 Å². The Bertz CT molecular complexity index is 728. The minimum atomic E-state index is -0.895. The average Bonchev–Trinajstić information content (AvgIpc) is 3.16. The molecular formula is C18H21N3O2. The van der Waals surface area contributed by atoms with E-state index < -0.39 is 11.4 Å². The molecular weight excluding hydrogens is 290 g/mol. The zero-order valence-electron chi connectivity index (χ0n) is 13.2. The Kier molecular flexibility index (Phi) is 3.94. The van der Waals surface area contributed by atoms with Gasteiger partial charge in [0.05, 0.1) is 0 Å². The van der Waals surface area contributed by atoms with E-state index >= 15 is 0 Å². The number of hydrogen-bond acceptors (Lipinski definition) is 2. The molecule has 1 aliphatic carbocycles. The van der Waals surface area contributed by atoms with Crippen molar-refractivity contribution in [2.24, 2.45) is 12.8 Å². The lowest BCUT2D eigenvalue weighted by molar-refractivity contribution is -0.123. The number of aromatic nitrogens is 1. The van der Waals surface area contributed by atoms with Gasteiger partial charge >= 0.3 is 0 Å². The summed E-state index contributed by atoms with van der Waals surface area (Å²) in [6, 6.07) is 13.6. The van der Waals surface area contributed by atoms with Gasteiger partial charge in [0.15, 0.2) is 0 Å². The molecule has 3 rings (SSSR count). The van der Waals surface area contributed by atoms with Gasteiger partial charge in [-0.2, -0.15) is 0 Å². The highest BCUT2D eigenvalue weighted by Crippen LogP contribution is 2.30. The van der Waals surface area contributed by atoms with Crippen molar-refractivity contribution < 1.29 is 9.59 Å². The second-order valence-corrected chi connectivity index (χ2v) is 6.14. The summed E-state index contributed by atoms with van der Waals surface area (Å²) in [6.07, 6.45) is 3.05. The van der Waals surface area contributed by atoms with Crippen LogP contribution in [0.25, 0.3) is 11.3 Å². The first-order valence-electron chi connectivity index (χ1n) is 7.87. The maximum atomic E-state index is 12.6. The summed E-state index contributed by atoms with van der Waals surface area (Å²) in [5.74, 6) is -0.698. The summed E-state index contributed by atoms with van der Waals surface area (Å²) < 4.78 is 1.84. The molecule has 1 aliphatic rings. The third kappa shape index (κ3) is 2.74. The molecule has 23 heavy (non-hydrogen) atoms. The third-order valence-corrected chi connectivity index (χ3v) is 4.71. The minimum absolute atomic E-state index is 0.254. The zero-order chi connectivity index (χ0) is 16.4. The monoisotopic (exact) mass is 311 g/mol. The number of carbonyl (C=O) groups is 2. The van der Waals surface area contributed by atoms with Crippen molar-refractivity contribution >= 4 is 11.8 Å². The molecule has 1 saturated carbocycles. The van der Waals surface area contributed by atoms with E-state index in [1.165, 1.54) is 0 Å². The van der Waals surface area contributed by atoms with Gasteiger partial charge in [-0.05, 0) is 30.5 Å². The van der Waals surface area contributed by atoms with Crippen LogP contribution in [-0.4, -0.2) is 21.9 Å². The second-order valence-electron chi connectivity index (χ2n) is 6.14. The molecule has 0 saturated heterocycles. The van der Waals surface area contributed by atoms with Crippen molar-refractivity contribution in [3.63, 3.8) is 0 Å². The van der Waals surface area contributed by atoms with Gasteiger partial charge in [-0.1, -0.05) is 43.2 Å². The predicted octanol–water partition coefficient (Wildman–Crippen LogP) is 2.22. The Morgan fingerprint density at radius 3 is 2.35 bits per heavy atom. The van der Waals surface area contributed by atoms with Crippen molar-refractivity contribution in [2.45, 2.75) is 31.2 Å². The van der Waals surface area contributed by atoms with E-state index in [1.807, 2.05) is 48.0 Å².